The molecule has 3 nitrogen and oxygen atoms in total. The van der Waals surface area contributed by atoms with Gasteiger partial charge >= 0.3 is 0 Å². The molecule has 0 aliphatic heterocycles. The summed E-state index contributed by atoms with van der Waals surface area (Å²) in [5.74, 6) is 0.799. The minimum absolute atomic E-state index is 0.348. The summed E-state index contributed by atoms with van der Waals surface area (Å²) < 4.78 is 5.79. The van der Waals surface area contributed by atoms with Gasteiger partial charge in [0.1, 0.15) is 12.4 Å². The fourth-order valence-electron chi connectivity index (χ4n) is 2.68. The van der Waals surface area contributed by atoms with E-state index in [4.69, 9.17) is 4.74 Å². The summed E-state index contributed by atoms with van der Waals surface area (Å²) in [5.41, 5.74) is 4.17. The van der Waals surface area contributed by atoms with E-state index in [9.17, 15) is 5.11 Å². The van der Waals surface area contributed by atoms with Gasteiger partial charge in [-0.2, -0.15) is 0 Å². The van der Waals surface area contributed by atoms with E-state index in [1.165, 1.54) is 5.56 Å². The van der Waals surface area contributed by atoms with Crippen molar-refractivity contribution in [1.82, 2.24) is 4.98 Å². The van der Waals surface area contributed by atoms with E-state index in [-0.39, 0.29) is 6.10 Å². The molecule has 1 aromatic carbocycles. The van der Waals surface area contributed by atoms with E-state index in [0.29, 0.717) is 6.61 Å². The highest BCUT2D eigenvalue weighted by Crippen LogP contribution is 2.32. The van der Waals surface area contributed by atoms with Crippen LogP contribution in [0.1, 0.15) is 41.5 Å². The Hall–Kier alpha value is -1.87. The zero-order valence-electron chi connectivity index (χ0n) is 11.7. The van der Waals surface area contributed by atoms with Crippen molar-refractivity contribution in [3.05, 3.63) is 58.9 Å². The second kappa shape index (κ2) is 5.63. The molecule has 3 rings (SSSR count). The van der Waals surface area contributed by atoms with Crippen LogP contribution in [0.3, 0.4) is 0 Å². The lowest BCUT2D eigenvalue weighted by Crippen LogP contribution is -2.09. The van der Waals surface area contributed by atoms with Crippen LogP contribution >= 0.6 is 0 Å². The molecule has 3 heteroatoms. The fraction of sp³-hybridized carbons (Fsp3) is 0.353. The Kier molecular flexibility index (Phi) is 3.70. The van der Waals surface area contributed by atoms with Crippen LogP contribution in [-0.2, 0) is 13.0 Å². The van der Waals surface area contributed by atoms with Gasteiger partial charge < -0.3 is 9.84 Å². The summed E-state index contributed by atoms with van der Waals surface area (Å²) in [5, 5.41) is 10.0. The Morgan fingerprint density at radius 3 is 3.05 bits per heavy atom. The molecule has 1 aliphatic rings. The molecular formula is C17H19NO2. The van der Waals surface area contributed by atoms with E-state index in [0.717, 1.165) is 42.0 Å². The normalized spacial score (nSPS) is 17.6. The molecule has 104 valence electrons. The third-order valence-electron chi connectivity index (χ3n) is 3.73. The molecule has 1 aliphatic carbocycles. The third kappa shape index (κ3) is 2.83. The predicted octanol–water partition coefficient (Wildman–Crippen LogP) is 3.34. The zero-order chi connectivity index (χ0) is 13.9. The molecule has 20 heavy (non-hydrogen) atoms. The van der Waals surface area contributed by atoms with E-state index >= 15 is 0 Å². The van der Waals surface area contributed by atoms with Crippen LogP contribution in [0.15, 0.2) is 36.4 Å². The summed E-state index contributed by atoms with van der Waals surface area (Å²) in [6, 6.07) is 11.9. The van der Waals surface area contributed by atoms with Gasteiger partial charge in [0.05, 0.1) is 11.8 Å². The molecule has 1 aromatic heterocycles. The van der Waals surface area contributed by atoms with E-state index in [1.807, 2.05) is 37.3 Å². The van der Waals surface area contributed by atoms with E-state index < -0.39 is 0 Å². The molecule has 0 radical (unpaired) electrons. The minimum Gasteiger partial charge on any atom is -0.487 e. The molecular weight excluding hydrogens is 250 g/mol. The molecule has 1 atom stereocenters. The number of hydrogen-bond donors (Lipinski definition) is 1. The van der Waals surface area contributed by atoms with Crippen LogP contribution < -0.4 is 4.74 Å². The van der Waals surface area contributed by atoms with Crippen molar-refractivity contribution in [2.45, 2.75) is 38.9 Å². The number of nitrogens with zero attached hydrogens (tertiary/aromatic N) is 1. The zero-order valence-corrected chi connectivity index (χ0v) is 11.7. The van der Waals surface area contributed by atoms with Gasteiger partial charge in [-0.25, -0.2) is 0 Å². The molecule has 2 aromatic rings. The number of aromatic nitrogens is 1. The number of aliphatic hydroxyl groups excluding tert-OH is 1. The average molecular weight is 269 g/mol. The van der Waals surface area contributed by atoms with E-state index in [2.05, 4.69) is 11.1 Å². The lowest BCUT2D eigenvalue weighted by molar-refractivity contribution is 0.156. The lowest BCUT2D eigenvalue weighted by atomic mass is 9.89. The topological polar surface area (TPSA) is 42.4 Å². The van der Waals surface area contributed by atoms with Crippen molar-refractivity contribution < 1.29 is 9.84 Å². The van der Waals surface area contributed by atoms with Gasteiger partial charge in [-0.3, -0.25) is 4.98 Å². The highest BCUT2D eigenvalue weighted by atomic mass is 16.5. The molecule has 0 spiro atoms. The number of fused-ring (bicyclic) bond motifs is 1. The molecule has 0 saturated heterocycles. The van der Waals surface area contributed by atoms with Crippen LogP contribution in [0.5, 0.6) is 5.75 Å². The molecule has 0 fully saturated rings. The molecule has 0 saturated carbocycles. The summed E-state index contributed by atoms with van der Waals surface area (Å²) in [4.78, 5) is 4.42. The van der Waals surface area contributed by atoms with Crippen molar-refractivity contribution in [2.75, 3.05) is 0 Å². The number of rotatable bonds is 3. The Labute approximate surface area is 119 Å². The first-order chi connectivity index (χ1) is 9.72. The minimum atomic E-state index is -0.348. The SMILES string of the molecule is Cc1cccc(COc2ccc3c(c2)[C@H](O)CCC3)n1. The van der Waals surface area contributed by atoms with Crippen LogP contribution in [-0.4, -0.2) is 10.1 Å². The van der Waals surface area contributed by atoms with Gasteiger partial charge in [-0.15, -0.1) is 0 Å². The second-order valence-corrected chi connectivity index (χ2v) is 5.33. The number of ether oxygens (including phenoxy) is 1. The number of aliphatic hydroxyl groups is 1. The van der Waals surface area contributed by atoms with Gasteiger partial charge in [-0.05, 0) is 61.6 Å². The van der Waals surface area contributed by atoms with Gasteiger partial charge in [0, 0.05) is 5.69 Å². The monoisotopic (exact) mass is 269 g/mol. The van der Waals surface area contributed by atoms with Gasteiger partial charge in [0.15, 0.2) is 0 Å². The van der Waals surface area contributed by atoms with Crippen LogP contribution in [0.2, 0.25) is 0 Å². The average Bonchev–Trinajstić information content (AvgIpc) is 2.46. The Bertz CT molecular complexity index is 610. The quantitative estimate of drug-likeness (QED) is 0.929. The molecule has 0 bridgehead atoms. The van der Waals surface area contributed by atoms with Gasteiger partial charge in [0.25, 0.3) is 0 Å². The molecule has 0 amide bonds. The maximum absolute atomic E-state index is 10.0. The summed E-state index contributed by atoms with van der Waals surface area (Å²) in [6.45, 7) is 2.43. The maximum atomic E-state index is 10.0. The van der Waals surface area contributed by atoms with Crippen LogP contribution in [0.25, 0.3) is 0 Å². The molecule has 1 N–H and O–H groups in total. The van der Waals surface area contributed by atoms with Crippen molar-refractivity contribution in [3.8, 4) is 5.75 Å². The van der Waals surface area contributed by atoms with Gasteiger partial charge in [0.2, 0.25) is 0 Å². The number of hydrogen-bond acceptors (Lipinski definition) is 3. The van der Waals surface area contributed by atoms with E-state index in [1.54, 1.807) is 0 Å². The first kappa shape index (κ1) is 13.1. The molecule has 1 heterocycles. The first-order valence-electron chi connectivity index (χ1n) is 7.08. The Morgan fingerprint density at radius 1 is 1.30 bits per heavy atom. The number of pyridine rings is 1. The summed E-state index contributed by atoms with van der Waals surface area (Å²) >= 11 is 0. The van der Waals surface area contributed by atoms with Crippen LogP contribution in [0, 0.1) is 6.92 Å². The van der Waals surface area contributed by atoms with Crippen molar-refractivity contribution in [3.63, 3.8) is 0 Å². The smallest absolute Gasteiger partial charge is 0.130 e. The first-order valence-corrected chi connectivity index (χ1v) is 7.08. The number of benzene rings is 1. The maximum Gasteiger partial charge on any atom is 0.130 e. The van der Waals surface area contributed by atoms with Crippen LogP contribution in [0.4, 0.5) is 0 Å². The fourth-order valence-corrected chi connectivity index (χ4v) is 2.68. The summed E-state index contributed by atoms with van der Waals surface area (Å²) in [7, 11) is 0. The third-order valence-corrected chi connectivity index (χ3v) is 3.73. The van der Waals surface area contributed by atoms with Gasteiger partial charge in [-0.1, -0.05) is 12.1 Å². The largest absolute Gasteiger partial charge is 0.487 e. The van der Waals surface area contributed by atoms with Crippen molar-refractivity contribution in [1.29, 1.82) is 0 Å². The standard InChI is InChI=1S/C17H19NO2/c1-12-4-2-6-14(18-12)11-20-15-9-8-13-5-3-7-17(19)16(13)10-15/h2,4,6,8-10,17,19H,3,5,7,11H2,1H3/t17-/m1/s1. The highest BCUT2D eigenvalue weighted by Gasteiger charge is 2.18. The van der Waals surface area contributed by atoms with Crippen molar-refractivity contribution in [2.24, 2.45) is 0 Å². The summed E-state index contributed by atoms with van der Waals surface area (Å²) in [6.07, 6.45) is 2.60. The lowest BCUT2D eigenvalue weighted by Gasteiger charge is -2.21. The second-order valence-electron chi connectivity index (χ2n) is 5.33. The molecule has 0 unspecified atom stereocenters. The Balaban J connectivity index is 1.73. The number of aryl methyl sites for hydroxylation is 2. The predicted molar refractivity (Wildman–Crippen MR) is 77.6 cm³/mol. The van der Waals surface area contributed by atoms with Crippen molar-refractivity contribution >= 4 is 0 Å². The Morgan fingerprint density at radius 2 is 2.20 bits per heavy atom. The highest BCUT2D eigenvalue weighted by molar-refractivity contribution is 5.38.